The van der Waals surface area contributed by atoms with E-state index >= 15 is 0 Å². The van der Waals surface area contributed by atoms with E-state index in [-0.39, 0.29) is 23.0 Å². The normalized spacial score (nSPS) is 11.9. The zero-order chi connectivity index (χ0) is 27.2. The minimum atomic E-state index is -4.14. The summed E-state index contributed by atoms with van der Waals surface area (Å²) in [6.45, 7) is 3.00. The Morgan fingerprint density at radius 1 is 1.03 bits per heavy atom. The Morgan fingerprint density at radius 2 is 1.68 bits per heavy atom. The number of sulfonamides is 1. The fraction of sp³-hybridized carbons (Fsp3) is 0.259. The van der Waals surface area contributed by atoms with Crippen LogP contribution in [0, 0.1) is 6.92 Å². The van der Waals surface area contributed by atoms with Crippen molar-refractivity contribution in [2.45, 2.75) is 31.3 Å². The molecule has 8 nitrogen and oxygen atoms in total. The number of nitrogens with one attached hydrogen (secondary N) is 1. The topological polar surface area (TPSA) is 96.0 Å². The molecule has 3 aromatic rings. The molecule has 1 N–H and O–H groups in total. The van der Waals surface area contributed by atoms with Gasteiger partial charge in [0.25, 0.3) is 10.0 Å². The smallest absolute Gasteiger partial charge is 0.264 e. The van der Waals surface area contributed by atoms with Gasteiger partial charge in [-0.1, -0.05) is 47.5 Å². The van der Waals surface area contributed by atoms with Gasteiger partial charge in [0.2, 0.25) is 11.8 Å². The number of hydrogen-bond acceptors (Lipinski definition) is 5. The summed E-state index contributed by atoms with van der Waals surface area (Å²) in [4.78, 5) is 27.6. The van der Waals surface area contributed by atoms with Gasteiger partial charge in [-0.2, -0.15) is 0 Å². The Morgan fingerprint density at radius 3 is 2.27 bits per heavy atom. The Hall–Kier alpha value is -3.56. The summed E-state index contributed by atoms with van der Waals surface area (Å²) >= 11 is 6.00. The van der Waals surface area contributed by atoms with E-state index in [1.165, 1.54) is 31.2 Å². The molecule has 10 heteroatoms. The molecule has 0 aliphatic carbocycles. The molecule has 37 heavy (non-hydrogen) atoms. The lowest BCUT2D eigenvalue weighted by Gasteiger charge is -2.31. The first-order valence-corrected chi connectivity index (χ1v) is 13.4. The van der Waals surface area contributed by atoms with Crippen molar-refractivity contribution in [3.8, 4) is 5.75 Å². The lowest BCUT2D eigenvalue weighted by molar-refractivity contribution is -0.139. The summed E-state index contributed by atoms with van der Waals surface area (Å²) in [7, 11) is -1.19. The molecular weight excluding hydrogens is 514 g/mol. The average molecular weight is 544 g/mol. The van der Waals surface area contributed by atoms with Crippen molar-refractivity contribution >= 4 is 39.1 Å². The number of benzene rings is 3. The molecule has 0 radical (unpaired) electrons. The van der Waals surface area contributed by atoms with E-state index in [1.807, 2.05) is 6.92 Å². The van der Waals surface area contributed by atoms with Gasteiger partial charge in [0.15, 0.2) is 0 Å². The van der Waals surface area contributed by atoms with Crippen molar-refractivity contribution in [3.63, 3.8) is 0 Å². The maximum atomic E-state index is 13.8. The molecule has 196 valence electrons. The highest BCUT2D eigenvalue weighted by Gasteiger charge is 2.32. The van der Waals surface area contributed by atoms with Crippen LogP contribution in [0.1, 0.15) is 18.1 Å². The van der Waals surface area contributed by atoms with Crippen molar-refractivity contribution < 1.29 is 22.7 Å². The molecule has 3 aromatic carbocycles. The van der Waals surface area contributed by atoms with Crippen LogP contribution in [0.2, 0.25) is 5.02 Å². The van der Waals surface area contributed by atoms with Crippen LogP contribution >= 0.6 is 11.6 Å². The number of halogens is 1. The first-order chi connectivity index (χ1) is 17.6. The highest BCUT2D eigenvalue weighted by molar-refractivity contribution is 7.92. The molecule has 0 heterocycles. The van der Waals surface area contributed by atoms with Crippen LogP contribution in [0.4, 0.5) is 5.69 Å². The Balaban J connectivity index is 2.04. The fourth-order valence-corrected chi connectivity index (χ4v) is 5.24. The lowest BCUT2D eigenvalue weighted by atomic mass is 10.1. The third-order valence-corrected chi connectivity index (χ3v) is 7.95. The molecule has 0 saturated carbocycles. The van der Waals surface area contributed by atoms with E-state index in [1.54, 1.807) is 67.6 Å². The van der Waals surface area contributed by atoms with Crippen LogP contribution in [-0.4, -0.2) is 51.9 Å². The zero-order valence-electron chi connectivity index (χ0n) is 21.1. The lowest BCUT2D eigenvalue weighted by Crippen LogP contribution is -2.50. The van der Waals surface area contributed by atoms with Gasteiger partial charge < -0.3 is 15.0 Å². The average Bonchev–Trinajstić information content (AvgIpc) is 2.90. The number of amides is 2. The van der Waals surface area contributed by atoms with Crippen molar-refractivity contribution in [2.24, 2.45) is 0 Å². The summed E-state index contributed by atoms with van der Waals surface area (Å²) in [6.07, 6.45) is 0. The molecule has 0 aliphatic rings. The van der Waals surface area contributed by atoms with Crippen LogP contribution in [0.5, 0.6) is 5.75 Å². The molecule has 0 aromatic heterocycles. The standard InChI is InChI=1S/C27H30ClN3O5S/c1-19-8-14-25(15-9-19)37(34,35)31(23-6-5-7-24(16-23)36-4)18-26(32)30(20(2)27(33)29-3)17-21-10-12-22(28)13-11-21/h5-16,20H,17-18H2,1-4H3,(H,29,33)/t20-/m1/s1. The summed E-state index contributed by atoms with van der Waals surface area (Å²) < 4.78 is 33.9. The summed E-state index contributed by atoms with van der Waals surface area (Å²) in [5.41, 5.74) is 1.90. The molecule has 0 aliphatic heterocycles. The second kappa shape index (κ2) is 12.1. The molecule has 2 amide bonds. The third-order valence-electron chi connectivity index (χ3n) is 5.91. The van der Waals surface area contributed by atoms with Crippen molar-refractivity contribution in [3.05, 3.63) is 88.9 Å². The highest BCUT2D eigenvalue weighted by atomic mass is 35.5. The maximum Gasteiger partial charge on any atom is 0.264 e. The van der Waals surface area contributed by atoms with Crippen LogP contribution in [0.25, 0.3) is 0 Å². The van der Waals surface area contributed by atoms with Crippen molar-refractivity contribution in [1.82, 2.24) is 10.2 Å². The summed E-state index contributed by atoms with van der Waals surface area (Å²) in [5, 5.41) is 3.09. The van der Waals surface area contributed by atoms with E-state index in [0.29, 0.717) is 10.8 Å². The SMILES string of the molecule is CNC(=O)[C@@H](C)N(Cc1ccc(Cl)cc1)C(=O)CN(c1cccc(OC)c1)S(=O)(=O)c1ccc(C)cc1. The second-order valence-corrected chi connectivity index (χ2v) is 10.8. The van der Waals surface area contributed by atoms with Gasteiger partial charge >= 0.3 is 0 Å². The molecule has 0 bridgehead atoms. The Kier molecular flexibility index (Phi) is 9.18. The van der Waals surface area contributed by atoms with Crippen LogP contribution < -0.4 is 14.4 Å². The van der Waals surface area contributed by atoms with E-state index in [9.17, 15) is 18.0 Å². The van der Waals surface area contributed by atoms with E-state index in [0.717, 1.165) is 15.4 Å². The summed E-state index contributed by atoms with van der Waals surface area (Å²) in [5.74, 6) is -0.494. The number of rotatable bonds is 10. The minimum absolute atomic E-state index is 0.0392. The van der Waals surface area contributed by atoms with Gasteiger partial charge in [-0.25, -0.2) is 8.42 Å². The van der Waals surface area contributed by atoms with E-state index in [2.05, 4.69) is 5.32 Å². The first kappa shape index (κ1) is 28.0. The number of hydrogen-bond donors (Lipinski definition) is 1. The number of ether oxygens (including phenoxy) is 1. The summed E-state index contributed by atoms with van der Waals surface area (Å²) in [6, 6.07) is 18.9. The number of carbonyl (C=O) groups is 2. The third kappa shape index (κ3) is 6.81. The van der Waals surface area contributed by atoms with Crippen LogP contribution in [-0.2, 0) is 26.2 Å². The van der Waals surface area contributed by atoms with Gasteiger partial charge in [0, 0.05) is 24.7 Å². The first-order valence-electron chi connectivity index (χ1n) is 11.6. The fourth-order valence-electron chi connectivity index (χ4n) is 3.71. The van der Waals surface area contributed by atoms with Crippen molar-refractivity contribution in [2.75, 3.05) is 25.0 Å². The molecule has 3 rings (SSSR count). The highest BCUT2D eigenvalue weighted by Crippen LogP contribution is 2.28. The zero-order valence-corrected chi connectivity index (χ0v) is 22.7. The van der Waals surface area contributed by atoms with Gasteiger partial charge in [0.05, 0.1) is 17.7 Å². The number of methoxy groups -OCH3 is 1. The molecule has 0 spiro atoms. The Bertz CT molecular complexity index is 1350. The molecule has 0 fully saturated rings. The number of likely N-dealkylation sites (N-methyl/N-ethyl adjacent to an activating group) is 1. The van der Waals surface area contributed by atoms with Crippen molar-refractivity contribution in [1.29, 1.82) is 0 Å². The second-order valence-electron chi connectivity index (χ2n) is 8.46. The largest absolute Gasteiger partial charge is 0.497 e. The maximum absolute atomic E-state index is 13.8. The molecular formula is C27H30ClN3O5S. The molecule has 0 unspecified atom stereocenters. The predicted molar refractivity (Wildman–Crippen MR) is 144 cm³/mol. The van der Waals surface area contributed by atoms with Gasteiger partial charge in [-0.15, -0.1) is 0 Å². The van der Waals surface area contributed by atoms with Gasteiger partial charge in [-0.05, 0) is 55.8 Å². The van der Waals surface area contributed by atoms with Gasteiger partial charge in [0.1, 0.15) is 18.3 Å². The predicted octanol–water partition coefficient (Wildman–Crippen LogP) is 4.02. The quantitative estimate of drug-likeness (QED) is 0.417. The van der Waals surface area contributed by atoms with E-state index < -0.39 is 28.5 Å². The van der Waals surface area contributed by atoms with Gasteiger partial charge in [-0.3, -0.25) is 13.9 Å². The Labute approximate surface area is 222 Å². The number of nitrogens with zero attached hydrogens (tertiary/aromatic N) is 2. The van der Waals surface area contributed by atoms with Crippen LogP contribution in [0.3, 0.4) is 0 Å². The number of anilines is 1. The monoisotopic (exact) mass is 543 g/mol. The minimum Gasteiger partial charge on any atom is -0.497 e. The van der Waals surface area contributed by atoms with E-state index in [4.69, 9.17) is 16.3 Å². The molecule has 0 saturated heterocycles. The van der Waals surface area contributed by atoms with Crippen LogP contribution in [0.15, 0.2) is 77.7 Å². The number of aryl methyl sites for hydroxylation is 1. The number of carbonyl (C=O) groups excluding carboxylic acids is 2. The molecule has 1 atom stereocenters.